The molecule has 0 heterocycles. The minimum atomic E-state index is -0.358. The molecule has 0 aromatic rings. The smallest absolute Gasteiger partial charge is 0.0727 e. The molecule has 0 saturated heterocycles. The number of aliphatic hydroxyl groups is 1. The fraction of sp³-hybridized carbons (Fsp3) is 0.800. The van der Waals surface area contributed by atoms with Crippen LogP contribution in [-0.2, 0) is 0 Å². The number of rotatable bonds is 4. The number of terminal acetylenes is 1. The molecule has 70 valence electrons. The molecular formula is C10H19NO. The fourth-order valence-electron chi connectivity index (χ4n) is 0.871. The molecule has 1 unspecified atom stereocenters. The number of hydrogen-bond acceptors (Lipinski definition) is 2. The highest BCUT2D eigenvalue weighted by atomic mass is 16.3. The quantitative estimate of drug-likeness (QED) is 0.637. The van der Waals surface area contributed by atoms with Crippen molar-refractivity contribution in [1.82, 2.24) is 4.90 Å². The molecule has 12 heavy (non-hydrogen) atoms. The van der Waals surface area contributed by atoms with Crippen LogP contribution in [0.1, 0.15) is 26.7 Å². The lowest BCUT2D eigenvalue weighted by Crippen LogP contribution is -2.48. The molecule has 0 aromatic carbocycles. The second-order valence-electron chi connectivity index (χ2n) is 3.81. The lowest BCUT2D eigenvalue weighted by Gasteiger charge is -2.36. The number of nitrogens with zero attached hydrogens (tertiary/aromatic N) is 1. The summed E-state index contributed by atoms with van der Waals surface area (Å²) < 4.78 is 0. The average Bonchev–Trinajstić information content (AvgIpc) is 1.99. The van der Waals surface area contributed by atoms with E-state index in [1.54, 1.807) is 0 Å². The van der Waals surface area contributed by atoms with Crippen LogP contribution >= 0.6 is 0 Å². The van der Waals surface area contributed by atoms with E-state index >= 15 is 0 Å². The Morgan fingerprint density at radius 2 is 2.00 bits per heavy atom. The van der Waals surface area contributed by atoms with E-state index in [0.717, 1.165) is 0 Å². The summed E-state index contributed by atoms with van der Waals surface area (Å²) in [7, 11) is 3.91. The van der Waals surface area contributed by atoms with Gasteiger partial charge in [-0.1, -0.05) is 0 Å². The zero-order valence-corrected chi connectivity index (χ0v) is 8.46. The first-order chi connectivity index (χ1) is 5.42. The highest BCUT2D eigenvalue weighted by Gasteiger charge is 2.28. The summed E-state index contributed by atoms with van der Waals surface area (Å²) in [5.74, 6) is 2.53. The molecule has 0 spiro atoms. The predicted octanol–water partition coefficient (Wildman–Crippen LogP) is 1.10. The first-order valence-corrected chi connectivity index (χ1v) is 4.22. The molecule has 0 saturated carbocycles. The van der Waals surface area contributed by atoms with Gasteiger partial charge in [-0.2, -0.15) is 0 Å². The van der Waals surface area contributed by atoms with E-state index in [-0.39, 0.29) is 11.6 Å². The zero-order chi connectivity index (χ0) is 9.78. The van der Waals surface area contributed by atoms with Crippen LogP contribution in [0.3, 0.4) is 0 Å². The molecule has 2 nitrogen and oxygen atoms in total. The molecule has 1 N–H and O–H groups in total. The first kappa shape index (κ1) is 11.5. The highest BCUT2D eigenvalue weighted by Crippen LogP contribution is 2.18. The Morgan fingerprint density at radius 3 is 2.33 bits per heavy atom. The maximum absolute atomic E-state index is 9.74. The molecule has 0 aliphatic heterocycles. The third-order valence-corrected chi connectivity index (χ3v) is 2.53. The predicted molar refractivity (Wildman–Crippen MR) is 51.8 cm³/mol. The minimum Gasteiger partial charge on any atom is -0.391 e. The first-order valence-electron chi connectivity index (χ1n) is 4.22. The van der Waals surface area contributed by atoms with Crippen molar-refractivity contribution in [3.05, 3.63) is 0 Å². The van der Waals surface area contributed by atoms with Gasteiger partial charge in [0.1, 0.15) is 0 Å². The van der Waals surface area contributed by atoms with Crippen LogP contribution in [0.4, 0.5) is 0 Å². The molecule has 0 fully saturated rings. The molecule has 0 radical (unpaired) electrons. The van der Waals surface area contributed by atoms with Crippen LogP contribution in [0.2, 0.25) is 0 Å². The van der Waals surface area contributed by atoms with Crippen molar-refractivity contribution >= 4 is 0 Å². The summed E-state index contributed by atoms with van der Waals surface area (Å²) in [4.78, 5) is 2.01. The second kappa shape index (κ2) is 4.49. The van der Waals surface area contributed by atoms with E-state index in [1.807, 2.05) is 32.8 Å². The van der Waals surface area contributed by atoms with Crippen LogP contribution < -0.4 is 0 Å². The van der Waals surface area contributed by atoms with Gasteiger partial charge in [-0.05, 0) is 34.4 Å². The van der Waals surface area contributed by atoms with Crippen LogP contribution in [-0.4, -0.2) is 35.7 Å². The summed E-state index contributed by atoms with van der Waals surface area (Å²) in [6, 6.07) is 0. The molecule has 0 bridgehead atoms. The van der Waals surface area contributed by atoms with Gasteiger partial charge in [0, 0.05) is 12.0 Å². The average molecular weight is 169 g/mol. The van der Waals surface area contributed by atoms with Crippen LogP contribution in [0, 0.1) is 12.3 Å². The zero-order valence-electron chi connectivity index (χ0n) is 8.46. The van der Waals surface area contributed by atoms with Crippen molar-refractivity contribution in [3.8, 4) is 12.3 Å². The topological polar surface area (TPSA) is 23.5 Å². The minimum absolute atomic E-state index is 0.198. The van der Waals surface area contributed by atoms with Crippen molar-refractivity contribution in [2.75, 3.05) is 14.1 Å². The highest BCUT2D eigenvalue weighted by molar-refractivity contribution is 4.90. The van der Waals surface area contributed by atoms with E-state index in [4.69, 9.17) is 6.42 Å². The normalized spacial score (nSPS) is 14.4. The number of likely N-dealkylation sites (N-methyl/N-ethyl adjacent to an activating group) is 1. The summed E-state index contributed by atoms with van der Waals surface area (Å²) in [5.41, 5.74) is -0.198. The molecular weight excluding hydrogens is 150 g/mol. The SMILES string of the molecule is C#CCCC(O)C(C)(C)N(C)C. The molecule has 0 aliphatic rings. The maximum atomic E-state index is 9.74. The largest absolute Gasteiger partial charge is 0.391 e. The summed E-state index contributed by atoms with van der Waals surface area (Å²) >= 11 is 0. The Hall–Kier alpha value is -0.520. The molecule has 0 aromatic heterocycles. The van der Waals surface area contributed by atoms with E-state index < -0.39 is 0 Å². The van der Waals surface area contributed by atoms with Crippen molar-refractivity contribution < 1.29 is 5.11 Å². The fourth-order valence-corrected chi connectivity index (χ4v) is 0.871. The third kappa shape index (κ3) is 2.84. The monoisotopic (exact) mass is 169 g/mol. The van der Waals surface area contributed by atoms with Gasteiger partial charge >= 0.3 is 0 Å². The van der Waals surface area contributed by atoms with Crippen molar-refractivity contribution in [2.24, 2.45) is 0 Å². The van der Waals surface area contributed by atoms with E-state index in [1.165, 1.54) is 0 Å². The van der Waals surface area contributed by atoms with E-state index in [0.29, 0.717) is 12.8 Å². The molecule has 1 atom stereocenters. The van der Waals surface area contributed by atoms with Gasteiger partial charge < -0.3 is 10.0 Å². The van der Waals surface area contributed by atoms with Gasteiger partial charge in [0.25, 0.3) is 0 Å². The van der Waals surface area contributed by atoms with Gasteiger partial charge in [-0.3, -0.25) is 0 Å². The van der Waals surface area contributed by atoms with Crippen molar-refractivity contribution in [2.45, 2.75) is 38.3 Å². The lowest BCUT2D eigenvalue weighted by molar-refractivity contribution is 0.0135. The van der Waals surface area contributed by atoms with Crippen molar-refractivity contribution in [1.29, 1.82) is 0 Å². The van der Waals surface area contributed by atoms with Gasteiger partial charge in [0.2, 0.25) is 0 Å². The van der Waals surface area contributed by atoms with Crippen LogP contribution in [0.5, 0.6) is 0 Å². The third-order valence-electron chi connectivity index (χ3n) is 2.53. The Kier molecular flexibility index (Phi) is 4.30. The standard InChI is InChI=1S/C10H19NO/c1-6-7-8-9(12)10(2,3)11(4)5/h1,9,12H,7-8H2,2-5H3. The summed E-state index contributed by atoms with van der Waals surface area (Å²) in [6.45, 7) is 4.02. The van der Waals surface area contributed by atoms with E-state index in [9.17, 15) is 5.11 Å². The summed E-state index contributed by atoms with van der Waals surface area (Å²) in [5, 5.41) is 9.74. The summed E-state index contributed by atoms with van der Waals surface area (Å²) in [6.07, 6.45) is 6.07. The van der Waals surface area contributed by atoms with Gasteiger partial charge in [0.05, 0.1) is 6.10 Å². The van der Waals surface area contributed by atoms with Crippen LogP contribution in [0.15, 0.2) is 0 Å². The maximum Gasteiger partial charge on any atom is 0.0727 e. The molecule has 2 heteroatoms. The van der Waals surface area contributed by atoms with Gasteiger partial charge in [-0.25, -0.2) is 0 Å². The Bertz CT molecular complexity index is 167. The molecule has 0 amide bonds. The van der Waals surface area contributed by atoms with E-state index in [2.05, 4.69) is 5.92 Å². The Balaban J connectivity index is 4.08. The molecule has 0 aliphatic carbocycles. The van der Waals surface area contributed by atoms with Gasteiger partial charge in [0.15, 0.2) is 0 Å². The van der Waals surface area contributed by atoms with Crippen LogP contribution in [0.25, 0.3) is 0 Å². The lowest BCUT2D eigenvalue weighted by atomic mass is 9.92. The number of aliphatic hydroxyl groups excluding tert-OH is 1. The second-order valence-corrected chi connectivity index (χ2v) is 3.81. The molecule has 0 rings (SSSR count). The Morgan fingerprint density at radius 1 is 1.50 bits per heavy atom. The van der Waals surface area contributed by atoms with Gasteiger partial charge in [-0.15, -0.1) is 12.3 Å². The number of hydrogen-bond donors (Lipinski definition) is 1. The van der Waals surface area contributed by atoms with Crippen molar-refractivity contribution in [3.63, 3.8) is 0 Å². The Labute approximate surface area is 75.6 Å².